The maximum atomic E-state index is 2.66. The predicted molar refractivity (Wildman–Crippen MR) is 107 cm³/mol. The Balaban J connectivity index is 1.65. The zero-order valence-electron chi connectivity index (χ0n) is 15.8. The van der Waals surface area contributed by atoms with E-state index in [4.69, 9.17) is 0 Å². The van der Waals surface area contributed by atoms with Crippen molar-refractivity contribution in [3.8, 4) is 0 Å². The average molecular weight is 337 g/mol. The van der Waals surface area contributed by atoms with E-state index in [0.717, 1.165) is 19.0 Å². The first-order chi connectivity index (χ1) is 12.2. The molecule has 0 saturated carbocycles. The molecule has 0 amide bonds. The van der Waals surface area contributed by atoms with E-state index in [1.165, 1.54) is 43.6 Å². The molecule has 0 aromatic heterocycles. The Kier molecular flexibility index (Phi) is 6.66. The van der Waals surface area contributed by atoms with Gasteiger partial charge in [0.1, 0.15) is 0 Å². The summed E-state index contributed by atoms with van der Waals surface area (Å²) in [5.74, 6) is 0.821. The molecule has 1 heterocycles. The molecule has 2 aromatic carbocycles. The number of hydrogen-bond donors (Lipinski definition) is 0. The summed E-state index contributed by atoms with van der Waals surface area (Å²) >= 11 is 0. The highest BCUT2D eigenvalue weighted by molar-refractivity contribution is 5.31. The number of nitrogens with zero attached hydrogens (tertiary/aromatic N) is 2. The Bertz CT molecular complexity index is 561. The fraction of sp³-hybridized carbons (Fsp3) is 0.478. The molecule has 0 radical (unpaired) electrons. The summed E-state index contributed by atoms with van der Waals surface area (Å²) < 4.78 is 0. The predicted octanol–water partition coefficient (Wildman–Crippen LogP) is 4.83. The standard InChI is InChI=1S/C23H32N2/c1-20(2)10-9-15-24-16-18-25(19-17-24)23(21-11-5-3-6-12-21)22-13-7-4-8-14-22/h3-8,11-14,20,23H,9-10,15-19H2,1-2H3. The van der Waals surface area contributed by atoms with E-state index in [0.29, 0.717) is 6.04 Å². The second-order valence-electron chi connectivity index (χ2n) is 7.64. The SMILES string of the molecule is CC(C)CCCN1CCN(C(c2ccccc2)c2ccccc2)CC1. The molecule has 134 valence electrons. The first-order valence-electron chi connectivity index (χ1n) is 9.80. The van der Waals surface area contributed by atoms with E-state index in [2.05, 4.69) is 84.3 Å². The summed E-state index contributed by atoms with van der Waals surface area (Å²) in [6, 6.07) is 22.3. The summed E-state index contributed by atoms with van der Waals surface area (Å²) in [5.41, 5.74) is 2.81. The van der Waals surface area contributed by atoms with E-state index >= 15 is 0 Å². The van der Waals surface area contributed by atoms with Gasteiger partial charge in [0.15, 0.2) is 0 Å². The second kappa shape index (κ2) is 9.17. The minimum atomic E-state index is 0.375. The van der Waals surface area contributed by atoms with Gasteiger partial charge in [-0.2, -0.15) is 0 Å². The zero-order chi connectivity index (χ0) is 17.5. The molecule has 2 nitrogen and oxygen atoms in total. The van der Waals surface area contributed by atoms with Gasteiger partial charge < -0.3 is 4.90 Å². The summed E-state index contributed by atoms with van der Waals surface area (Å²) in [6.45, 7) is 10.6. The molecule has 0 unspecified atom stereocenters. The highest BCUT2D eigenvalue weighted by Crippen LogP contribution is 2.29. The van der Waals surface area contributed by atoms with Crippen LogP contribution < -0.4 is 0 Å². The first kappa shape index (κ1) is 18.2. The van der Waals surface area contributed by atoms with Gasteiger partial charge in [0.2, 0.25) is 0 Å². The topological polar surface area (TPSA) is 6.48 Å². The first-order valence-corrected chi connectivity index (χ1v) is 9.80. The van der Waals surface area contributed by atoms with Crippen LogP contribution in [0.25, 0.3) is 0 Å². The van der Waals surface area contributed by atoms with Gasteiger partial charge in [-0.3, -0.25) is 4.90 Å². The van der Waals surface area contributed by atoms with Crippen LogP contribution in [0.1, 0.15) is 43.9 Å². The molecule has 1 fully saturated rings. The van der Waals surface area contributed by atoms with Crippen LogP contribution in [0.2, 0.25) is 0 Å². The van der Waals surface area contributed by atoms with Crippen LogP contribution >= 0.6 is 0 Å². The quantitative estimate of drug-likeness (QED) is 0.714. The molecule has 0 spiro atoms. The van der Waals surface area contributed by atoms with Crippen molar-refractivity contribution in [2.24, 2.45) is 5.92 Å². The minimum absolute atomic E-state index is 0.375. The Morgan fingerprint density at radius 2 is 1.28 bits per heavy atom. The summed E-state index contributed by atoms with van der Waals surface area (Å²) in [4.78, 5) is 5.30. The number of benzene rings is 2. The summed E-state index contributed by atoms with van der Waals surface area (Å²) in [5, 5.41) is 0. The lowest BCUT2D eigenvalue weighted by molar-refractivity contribution is 0.107. The minimum Gasteiger partial charge on any atom is -0.301 e. The number of piperazine rings is 1. The largest absolute Gasteiger partial charge is 0.301 e. The zero-order valence-corrected chi connectivity index (χ0v) is 15.8. The van der Waals surface area contributed by atoms with Gasteiger partial charge in [-0.1, -0.05) is 74.5 Å². The molecule has 0 N–H and O–H groups in total. The third-order valence-electron chi connectivity index (χ3n) is 5.26. The van der Waals surface area contributed by atoms with E-state index in [1.807, 2.05) is 0 Å². The molecule has 1 aliphatic rings. The highest BCUT2D eigenvalue weighted by Gasteiger charge is 2.25. The van der Waals surface area contributed by atoms with Crippen molar-refractivity contribution >= 4 is 0 Å². The van der Waals surface area contributed by atoms with E-state index in [9.17, 15) is 0 Å². The van der Waals surface area contributed by atoms with Gasteiger partial charge in [0.25, 0.3) is 0 Å². The van der Waals surface area contributed by atoms with Crippen molar-refractivity contribution in [3.63, 3.8) is 0 Å². The van der Waals surface area contributed by atoms with Crippen LogP contribution in [0.3, 0.4) is 0 Å². The molecule has 1 aliphatic heterocycles. The Hall–Kier alpha value is -1.64. The number of hydrogen-bond acceptors (Lipinski definition) is 2. The summed E-state index contributed by atoms with van der Waals surface area (Å²) in [6.07, 6.45) is 2.68. The van der Waals surface area contributed by atoms with Crippen LogP contribution in [0.4, 0.5) is 0 Å². The molecule has 0 aliphatic carbocycles. The van der Waals surface area contributed by atoms with Crippen molar-refractivity contribution in [3.05, 3.63) is 71.8 Å². The lowest BCUT2D eigenvalue weighted by atomic mass is 9.96. The van der Waals surface area contributed by atoms with Crippen LogP contribution in [0, 0.1) is 5.92 Å². The second-order valence-corrected chi connectivity index (χ2v) is 7.64. The van der Waals surface area contributed by atoms with Gasteiger partial charge in [-0.15, -0.1) is 0 Å². The van der Waals surface area contributed by atoms with Gasteiger partial charge >= 0.3 is 0 Å². The maximum absolute atomic E-state index is 2.66. The Morgan fingerprint density at radius 3 is 1.76 bits per heavy atom. The molecule has 2 heteroatoms. The fourth-order valence-corrected chi connectivity index (χ4v) is 3.85. The van der Waals surface area contributed by atoms with Gasteiger partial charge in [0, 0.05) is 26.2 Å². The molecular formula is C23H32N2. The van der Waals surface area contributed by atoms with Crippen molar-refractivity contribution in [1.29, 1.82) is 0 Å². The lowest BCUT2D eigenvalue weighted by Gasteiger charge is -2.40. The van der Waals surface area contributed by atoms with Gasteiger partial charge in [-0.25, -0.2) is 0 Å². The third kappa shape index (κ3) is 5.17. The third-order valence-corrected chi connectivity index (χ3v) is 5.26. The van der Waals surface area contributed by atoms with Crippen molar-refractivity contribution in [2.45, 2.75) is 32.7 Å². The molecule has 3 rings (SSSR count). The Morgan fingerprint density at radius 1 is 0.760 bits per heavy atom. The van der Waals surface area contributed by atoms with Crippen LogP contribution in [-0.2, 0) is 0 Å². The molecular weight excluding hydrogens is 304 g/mol. The monoisotopic (exact) mass is 336 g/mol. The van der Waals surface area contributed by atoms with E-state index < -0.39 is 0 Å². The average Bonchev–Trinajstić information content (AvgIpc) is 2.65. The molecule has 0 bridgehead atoms. The molecule has 1 saturated heterocycles. The molecule has 2 aromatic rings. The lowest BCUT2D eigenvalue weighted by Crippen LogP contribution is -2.48. The highest BCUT2D eigenvalue weighted by atomic mass is 15.3. The fourth-order valence-electron chi connectivity index (χ4n) is 3.85. The van der Waals surface area contributed by atoms with Crippen molar-refractivity contribution in [1.82, 2.24) is 9.80 Å². The normalized spacial score (nSPS) is 16.6. The van der Waals surface area contributed by atoms with Gasteiger partial charge in [-0.05, 0) is 36.4 Å². The summed E-state index contributed by atoms with van der Waals surface area (Å²) in [7, 11) is 0. The number of rotatable bonds is 7. The smallest absolute Gasteiger partial charge is 0.0602 e. The molecule has 25 heavy (non-hydrogen) atoms. The van der Waals surface area contributed by atoms with Crippen LogP contribution in [0.5, 0.6) is 0 Å². The van der Waals surface area contributed by atoms with Crippen molar-refractivity contribution < 1.29 is 0 Å². The molecule has 0 atom stereocenters. The van der Waals surface area contributed by atoms with Crippen molar-refractivity contribution in [2.75, 3.05) is 32.7 Å². The van der Waals surface area contributed by atoms with E-state index in [-0.39, 0.29) is 0 Å². The Labute approximate surface area is 153 Å². The van der Waals surface area contributed by atoms with E-state index in [1.54, 1.807) is 0 Å². The van der Waals surface area contributed by atoms with Gasteiger partial charge in [0.05, 0.1) is 6.04 Å². The van der Waals surface area contributed by atoms with Crippen LogP contribution in [0.15, 0.2) is 60.7 Å². The van der Waals surface area contributed by atoms with Crippen LogP contribution in [-0.4, -0.2) is 42.5 Å². The maximum Gasteiger partial charge on any atom is 0.0602 e.